The van der Waals surface area contributed by atoms with Gasteiger partial charge >= 0.3 is 0 Å². The van der Waals surface area contributed by atoms with Crippen LogP contribution in [0.1, 0.15) is 31.0 Å². The second-order valence-corrected chi connectivity index (χ2v) is 4.47. The third-order valence-corrected chi connectivity index (χ3v) is 2.73. The van der Waals surface area contributed by atoms with Crippen molar-refractivity contribution in [3.8, 4) is 11.5 Å². The van der Waals surface area contributed by atoms with Crippen molar-refractivity contribution < 1.29 is 9.84 Å². The Morgan fingerprint density at radius 2 is 1.83 bits per heavy atom. The lowest BCUT2D eigenvalue weighted by Gasteiger charge is -2.09. The van der Waals surface area contributed by atoms with Crippen LogP contribution in [0.2, 0.25) is 0 Å². The first-order chi connectivity index (χ1) is 8.69. The second kappa shape index (κ2) is 5.65. The molecule has 3 nitrogen and oxygen atoms in total. The summed E-state index contributed by atoms with van der Waals surface area (Å²) in [5, 5.41) is 9.01. The van der Waals surface area contributed by atoms with Gasteiger partial charge in [0.1, 0.15) is 11.5 Å². The van der Waals surface area contributed by atoms with Crippen LogP contribution in [0.15, 0.2) is 42.6 Å². The summed E-state index contributed by atoms with van der Waals surface area (Å²) in [7, 11) is 0. The Balaban J connectivity index is 2.13. The van der Waals surface area contributed by atoms with E-state index in [2.05, 4.69) is 31.0 Å². The van der Waals surface area contributed by atoms with Crippen LogP contribution in [0.4, 0.5) is 0 Å². The summed E-state index contributed by atoms with van der Waals surface area (Å²) in [4.78, 5) is 4.01. The molecular weight excluding hydrogens is 226 g/mol. The van der Waals surface area contributed by atoms with Crippen LogP contribution in [0.5, 0.6) is 11.5 Å². The standard InChI is InChI=1S/C15H17NO2/c1-11(2)12-3-5-14(6-4-12)18-15-7-8-16-13(9-15)10-17/h3-9,11,17H,10H2,1-2H3. The summed E-state index contributed by atoms with van der Waals surface area (Å²) in [6.45, 7) is 4.24. The number of rotatable bonds is 4. The number of hydrogen-bond acceptors (Lipinski definition) is 3. The van der Waals surface area contributed by atoms with Gasteiger partial charge in [0.25, 0.3) is 0 Å². The van der Waals surface area contributed by atoms with Crippen LogP contribution in [0.25, 0.3) is 0 Å². The maximum atomic E-state index is 9.01. The number of hydrogen-bond donors (Lipinski definition) is 1. The van der Waals surface area contributed by atoms with Crippen molar-refractivity contribution >= 4 is 0 Å². The van der Waals surface area contributed by atoms with Crippen molar-refractivity contribution in [2.24, 2.45) is 0 Å². The number of benzene rings is 1. The molecule has 2 rings (SSSR count). The van der Waals surface area contributed by atoms with Crippen LogP contribution >= 0.6 is 0 Å². The molecule has 1 heterocycles. The van der Waals surface area contributed by atoms with E-state index in [-0.39, 0.29) is 6.61 Å². The van der Waals surface area contributed by atoms with E-state index in [0.29, 0.717) is 17.4 Å². The molecule has 1 aromatic carbocycles. The van der Waals surface area contributed by atoms with Gasteiger partial charge in [-0.15, -0.1) is 0 Å². The summed E-state index contributed by atoms with van der Waals surface area (Å²) in [6, 6.07) is 11.5. The first-order valence-electron chi connectivity index (χ1n) is 6.02. The first kappa shape index (κ1) is 12.6. The quantitative estimate of drug-likeness (QED) is 0.893. The SMILES string of the molecule is CC(C)c1ccc(Oc2ccnc(CO)c2)cc1. The van der Waals surface area contributed by atoms with Crippen molar-refractivity contribution in [3.63, 3.8) is 0 Å². The molecule has 0 fully saturated rings. The summed E-state index contributed by atoms with van der Waals surface area (Å²) >= 11 is 0. The molecule has 1 aromatic heterocycles. The minimum absolute atomic E-state index is 0.0799. The maximum Gasteiger partial charge on any atom is 0.130 e. The molecule has 0 unspecified atom stereocenters. The van der Waals surface area contributed by atoms with Crippen LogP contribution in [0.3, 0.4) is 0 Å². The number of aliphatic hydroxyl groups excluding tert-OH is 1. The molecule has 0 aliphatic rings. The van der Waals surface area contributed by atoms with E-state index >= 15 is 0 Å². The molecule has 0 radical (unpaired) electrons. The molecule has 0 aliphatic heterocycles. The van der Waals surface area contributed by atoms with Gasteiger partial charge < -0.3 is 9.84 Å². The molecule has 0 saturated heterocycles. The molecule has 18 heavy (non-hydrogen) atoms. The van der Waals surface area contributed by atoms with Gasteiger partial charge in [0.05, 0.1) is 12.3 Å². The molecule has 2 aromatic rings. The van der Waals surface area contributed by atoms with Gasteiger partial charge in [0.2, 0.25) is 0 Å². The van der Waals surface area contributed by atoms with E-state index in [0.717, 1.165) is 5.75 Å². The number of nitrogens with zero attached hydrogens (tertiary/aromatic N) is 1. The van der Waals surface area contributed by atoms with Crippen molar-refractivity contribution in [2.45, 2.75) is 26.4 Å². The van der Waals surface area contributed by atoms with E-state index in [1.165, 1.54) is 5.56 Å². The Kier molecular flexibility index (Phi) is 3.95. The van der Waals surface area contributed by atoms with Gasteiger partial charge in [0, 0.05) is 12.3 Å². The summed E-state index contributed by atoms with van der Waals surface area (Å²) in [5.41, 5.74) is 1.89. The van der Waals surface area contributed by atoms with Crippen molar-refractivity contribution in [1.29, 1.82) is 0 Å². The van der Waals surface area contributed by atoms with Crippen LogP contribution in [-0.2, 0) is 6.61 Å². The van der Waals surface area contributed by atoms with E-state index in [1.807, 2.05) is 12.1 Å². The second-order valence-electron chi connectivity index (χ2n) is 4.47. The van der Waals surface area contributed by atoms with Gasteiger partial charge in [-0.2, -0.15) is 0 Å². The van der Waals surface area contributed by atoms with Gasteiger partial charge in [0.15, 0.2) is 0 Å². The van der Waals surface area contributed by atoms with Gasteiger partial charge in [-0.3, -0.25) is 4.98 Å². The summed E-state index contributed by atoms with van der Waals surface area (Å²) < 4.78 is 5.70. The van der Waals surface area contributed by atoms with E-state index in [4.69, 9.17) is 9.84 Å². The molecule has 0 spiro atoms. The molecule has 0 saturated carbocycles. The minimum atomic E-state index is -0.0799. The fourth-order valence-electron chi connectivity index (χ4n) is 1.66. The molecule has 1 N–H and O–H groups in total. The largest absolute Gasteiger partial charge is 0.457 e. The smallest absolute Gasteiger partial charge is 0.130 e. The summed E-state index contributed by atoms with van der Waals surface area (Å²) in [6.07, 6.45) is 1.63. The lowest BCUT2D eigenvalue weighted by molar-refractivity contribution is 0.276. The Morgan fingerprint density at radius 3 is 2.44 bits per heavy atom. The molecule has 0 atom stereocenters. The van der Waals surface area contributed by atoms with Crippen LogP contribution in [0, 0.1) is 0 Å². The Labute approximate surface area is 107 Å². The monoisotopic (exact) mass is 243 g/mol. The number of aromatic nitrogens is 1. The molecule has 94 valence electrons. The molecule has 0 aliphatic carbocycles. The van der Waals surface area contributed by atoms with Gasteiger partial charge in [-0.1, -0.05) is 26.0 Å². The maximum absolute atomic E-state index is 9.01. The molecule has 3 heteroatoms. The summed E-state index contributed by atoms with van der Waals surface area (Å²) in [5.74, 6) is 1.99. The highest BCUT2D eigenvalue weighted by molar-refractivity contribution is 5.34. The zero-order valence-corrected chi connectivity index (χ0v) is 10.6. The number of ether oxygens (including phenoxy) is 1. The number of pyridine rings is 1. The fourth-order valence-corrected chi connectivity index (χ4v) is 1.66. The lowest BCUT2D eigenvalue weighted by atomic mass is 10.0. The van der Waals surface area contributed by atoms with Gasteiger partial charge in [-0.05, 0) is 29.7 Å². The van der Waals surface area contributed by atoms with E-state index < -0.39 is 0 Å². The van der Waals surface area contributed by atoms with Crippen molar-refractivity contribution in [3.05, 3.63) is 53.9 Å². The third-order valence-electron chi connectivity index (χ3n) is 2.73. The average Bonchev–Trinajstić information content (AvgIpc) is 2.39. The minimum Gasteiger partial charge on any atom is -0.457 e. The zero-order chi connectivity index (χ0) is 13.0. The highest BCUT2D eigenvalue weighted by Gasteiger charge is 2.02. The van der Waals surface area contributed by atoms with Crippen LogP contribution < -0.4 is 4.74 Å². The Morgan fingerprint density at radius 1 is 1.11 bits per heavy atom. The van der Waals surface area contributed by atoms with E-state index in [1.54, 1.807) is 18.3 Å². The molecule has 0 amide bonds. The van der Waals surface area contributed by atoms with Crippen molar-refractivity contribution in [2.75, 3.05) is 0 Å². The fraction of sp³-hybridized carbons (Fsp3) is 0.267. The predicted molar refractivity (Wildman–Crippen MR) is 70.8 cm³/mol. The normalized spacial score (nSPS) is 10.7. The first-order valence-corrected chi connectivity index (χ1v) is 6.02. The predicted octanol–water partition coefficient (Wildman–Crippen LogP) is 3.49. The van der Waals surface area contributed by atoms with Crippen LogP contribution in [-0.4, -0.2) is 10.1 Å². The van der Waals surface area contributed by atoms with Crippen molar-refractivity contribution in [1.82, 2.24) is 4.98 Å². The third kappa shape index (κ3) is 3.08. The zero-order valence-electron chi connectivity index (χ0n) is 10.6. The van der Waals surface area contributed by atoms with Gasteiger partial charge in [-0.25, -0.2) is 0 Å². The molecule has 0 bridgehead atoms. The highest BCUT2D eigenvalue weighted by Crippen LogP contribution is 2.24. The molecular formula is C15H17NO2. The van der Waals surface area contributed by atoms with E-state index in [9.17, 15) is 0 Å². The Hall–Kier alpha value is -1.87. The average molecular weight is 243 g/mol. The highest BCUT2D eigenvalue weighted by atomic mass is 16.5. The number of aliphatic hydroxyl groups is 1. The Bertz CT molecular complexity index is 506. The topological polar surface area (TPSA) is 42.4 Å². The lowest BCUT2D eigenvalue weighted by Crippen LogP contribution is -1.91.